The van der Waals surface area contributed by atoms with Gasteiger partial charge < -0.3 is 9.88 Å². The Labute approximate surface area is 183 Å². The minimum absolute atomic E-state index is 0.327. The van der Waals surface area contributed by atoms with Crippen LogP contribution >= 0.6 is 0 Å². The van der Waals surface area contributed by atoms with E-state index in [-0.39, 0.29) is 5.91 Å². The predicted octanol–water partition coefficient (Wildman–Crippen LogP) is 6.06. The number of aromatic nitrogens is 2. The van der Waals surface area contributed by atoms with Crippen molar-refractivity contribution in [2.75, 3.05) is 5.32 Å². The second kappa shape index (κ2) is 9.09. The van der Waals surface area contributed by atoms with Crippen molar-refractivity contribution in [3.8, 4) is 11.1 Å². The number of aryl methyl sites for hydroxylation is 2. The first-order valence-corrected chi connectivity index (χ1v) is 10.0. The number of anilines is 1. The number of halogens is 3. The fourth-order valence-electron chi connectivity index (χ4n) is 3.40. The Balaban J connectivity index is 1.47. The topological polar surface area (TPSA) is 46.9 Å². The third-order valence-electron chi connectivity index (χ3n) is 5.12. The lowest BCUT2D eigenvalue weighted by atomic mass is 9.98. The zero-order chi connectivity index (χ0) is 22.6. The number of alkyl halides is 3. The molecule has 162 valence electrons. The number of amides is 1. The van der Waals surface area contributed by atoms with Crippen molar-refractivity contribution in [2.45, 2.75) is 19.1 Å². The number of nitrogens with zero attached hydrogens (tertiary/aromatic N) is 2. The predicted molar refractivity (Wildman–Crippen MR) is 117 cm³/mol. The molecule has 0 aliphatic rings. The molecule has 0 bridgehead atoms. The molecule has 0 fully saturated rings. The van der Waals surface area contributed by atoms with Crippen molar-refractivity contribution in [3.63, 3.8) is 0 Å². The molecule has 0 aliphatic heterocycles. The summed E-state index contributed by atoms with van der Waals surface area (Å²) in [6.07, 6.45) is 1.84. The van der Waals surface area contributed by atoms with Crippen molar-refractivity contribution >= 4 is 11.6 Å². The molecule has 1 heterocycles. The van der Waals surface area contributed by atoms with Gasteiger partial charge in [-0.05, 0) is 53.4 Å². The van der Waals surface area contributed by atoms with Gasteiger partial charge in [0.1, 0.15) is 0 Å². The summed E-state index contributed by atoms with van der Waals surface area (Å²) in [7, 11) is 0. The van der Waals surface area contributed by atoms with E-state index in [1.54, 1.807) is 36.8 Å². The van der Waals surface area contributed by atoms with E-state index in [0.29, 0.717) is 22.4 Å². The molecule has 7 heteroatoms. The largest absolute Gasteiger partial charge is 0.416 e. The van der Waals surface area contributed by atoms with Crippen LogP contribution in [0.1, 0.15) is 21.5 Å². The van der Waals surface area contributed by atoms with Crippen LogP contribution in [-0.2, 0) is 19.1 Å². The molecule has 4 rings (SSSR count). The maximum absolute atomic E-state index is 12.9. The van der Waals surface area contributed by atoms with Gasteiger partial charge in [0.2, 0.25) is 0 Å². The van der Waals surface area contributed by atoms with Crippen molar-refractivity contribution < 1.29 is 18.0 Å². The monoisotopic (exact) mass is 435 g/mol. The average Bonchev–Trinajstić information content (AvgIpc) is 3.32. The molecule has 4 nitrogen and oxygen atoms in total. The van der Waals surface area contributed by atoms with Crippen LogP contribution in [0.5, 0.6) is 0 Å². The highest BCUT2D eigenvalue weighted by atomic mass is 19.4. The van der Waals surface area contributed by atoms with Gasteiger partial charge in [0.05, 0.1) is 11.9 Å². The number of rotatable bonds is 6. The van der Waals surface area contributed by atoms with Crippen LogP contribution in [0.3, 0.4) is 0 Å². The first-order valence-electron chi connectivity index (χ1n) is 10.0. The molecule has 0 saturated heterocycles. The highest BCUT2D eigenvalue weighted by molar-refractivity contribution is 6.08. The summed E-state index contributed by atoms with van der Waals surface area (Å²) >= 11 is 0. The fraction of sp³-hybridized carbons (Fsp3) is 0.120. The highest BCUT2D eigenvalue weighted by Gasteiger charge is 2.30. The summed E-state index contributed by atoms with van der Waals surface area (Å²) in [5.74, 6) is -0.327. The van der Waals surface area contributed by atoms with Crippen LogP contribution in [-0.4, -0.2) is 15.5 Å². The van der Waals surface area contributed by atoms with Crippen LogP contribution in [0, 0.1) is 0 Å². The van der Waals surface area contributed by atoms with Crippen molar-refractivity contribution in [1.82, 2.24) is 9.55 Å². The zero-order valence-corrected chi connectivity index (χ0v) is 17.0. The Kier molecular flexibility index (Phi) is 6.07. The number of benzene rings is 3. The first kappa shape index (κ1) is 21.4. The Morgan fingerprint density at radius 2 is 1.66 bits per heavy atom. The lowest BCUT2D eigenvalue weighted by Crippen LogP contribution is -2.13. The average molecular weight is 435 g/mol. The summed E-state index contributed by atoms with van der Waals surface area (Å²) in [6.45, 7) is 0.812. The van der Waals surface area contributed by atoms with Gasteiger partial charge in [-0.25, -0.2) is 4.98 Å². The van der Waals surface area contributed by atoms with E-state index in [1.807, 2.05) is 35.0 Å². The van der Waals surface area contributed by atoms with E-state index in [4.69, 9.17) is 0 Å². The van der Waals surface area contributed by atoms with Gasteiger partial charge >= 0.3 is 6.18 Å². The minimum atomic E-state index is -4.40. The third kappa shape index (κ3) is 5.06. The van der Waals surface area contributed by atoms with Gasteiger partial charge in [0.25, 0.3) is 5.91 Å². The lowest BCUT2D eigenvalue weighted by molar-refractivity contribution is -0.137. The summed E-state index contributed by atoms with van der Waals surface area (Å²) in [5, 5.41) is 2.87. The Morgan fingerprint density at radius 3 is 2.31 bits per heavy atom. The van der Waals surface area contributed by atoms with Crippen LogP contribution < -0.4 is 5.32 Å². The number of carbonyl (C=O) groups excluding carboxylic acids is 1. The number of hydrogen-bond donors (Lipinski definition) is 1. The van der Waals surface area contributed by atoms with E-state index >= 15 is 0 Å². The molecule has 0 unspecified atom stereocenters. The van der Waals surface area contributed by atoms with E-state index in [0.717, 1.165) is 30.7 Å². The molecule has 3 aromatic carbocycles. The third-order valence-corrected chi connectivity index (χ3v) is 5.12. The summed E-state index contributed by atoms with van der Waals surface area (Å²) in [4.78, 5) is 16.9. The number of hydrogen-bond acceptors (Lipinski definition) is 2. The molecular weight excluding hydrogens is 415 g/mol. The van der Waals surface area contributed by atoms with Gasteiger partial charge in [-0.2, -0.15) is 13.2 Å². The second-order valence-electron chi connectivity index (χ2n) is 7.32. The van der Waals surface area contributed by atoms with Crippen molar-refractivity contribution in [3.05, 3.63) is 108 Å². The van der Waals surface area contributed by atoms with Gasteiger partial charge in [-0.1, -0.05) is 42.5 Å². The van der Waals surface area contributed by atoms with Crippen LogP contribution in [0.2, 0.25) is 0 Å². The molecule has 32 heavy (non-hydrogen) atoms. The standard InChI is InChI=1S/C25H20F3N3O/c26-25(27,28)20-9-7-19(8-10-20)22-3-1-2-4-23(22)24(32)30-21-11-5-18(6-12-21)13-15-31-16-14-29-17-31/h1-12,14,16-17H,13,15H2,(H,30,32). The van der Waals surface area contributed by atoms with Crippen molar-refractivity contribution in [1.29, 1.82) is 0 Å². The van der Waals surface area contributed by atoms with Crippen LogP contribution in [0.15, 0.2) is 91.5 Å². The minimum Gasteiger partial charge on any atom is -0.337 e. The number of carbonyl (C=O) groups is 1. The Bertz CT molecular complexity index is 1180. The number of imidazole rings is 1. The van der Waals surface area contributed by atoms with E-state index in [2.05, 4.69) is 10.3 Å². The normalized spacial score (nSPS) is 11.3. The smallest absolute Gasteiger partial charge is 0.337 e. The molecular formula is C25H20F3N3O. The first-order chi connectivity index (χ1) is 15.4. The molecule has 0 radical (unpaired) electrons. The van der Waals surface area contributed by atoms with Crippen molar-refractivity contribution in [2.24, 2.45) is 0 Å². The maximum atomic E-state index is 12.9. The van der Waals surface area contributed by atoms with Crippen LogP contribution in [0.25, 0.3) is 11.1 Å². The van der Waals surface area contributed by atoms with E-state index in [1.165, 1.54) is 12.1 Å². The molecule has 1 N–H and O–H groups in total. The molecule has 0 atom stereocenters. The van der Waals surface area contributed by atoms with Gasteiger partial charge in [0.15, 0.2) is 0 Å². The van der Waals surface area contributed by atoms with Gasteiger partial charge in [-0.15, -0.1) is 0 Å². The lowest BCUT2D eigenvalue weighted by Gasteiger charge is -2.12. The van der Waals surface area contributed by atoms with Gasteiger partial charge in [0, 0.05) is 30.2 Å². The van der Waals surface area contributed by atoms with Gasteiger partial charge in [-0.3, -0.25) is 4.79 Å². The van der Waals surface area contributed by atoms with E-state index in [9.17, 15) is 18.0 Å². The Hall–Kier alpha value is -3.87. The molecule has 4 aromatic rings. The second-order valence-corrected chi connectivity index (χ2v) is 7.32. The highest BCUT2D eigenvalue weighted by Crippen LogP contribution is 2.32. The summed E-state index contributed by atoms with van der Waals surface area (Å²) in [5.41, 5.74) is 2.53. The quantitative estimate of drug-likeness (QED) is 0.400. The SMILES string of the molecule is O=C(Nc1ccc(CCn2ccnc2)cc1)c1ccccc1-c1ccc(C(F)(F)F)cc1. The molecule has 0 saturated carbocycles. The zero-order valence-electron chi connectivity index (χ0n) is 17.0. The molecule has 0 aliphatic carbocycles. The molecule has 1 aromatic heterocycles. The Morgan fingerprint density at radius 1 is 0.938 bits per heavy atom. The summed E-state index contributed by atoms with van der Waals surface area (Å²) in [6, 6.07) is 19.2. The van der Waals surface area contributed by atoms with Crippen LogP contribution in [0.4, 0.5) is 18.9 Å². The fourth-order valence-corrected chi connectivity index (χ4v) is 3.40. The van der Waals surface area contributed by atoms with E-state index < -0.39 is 11.7 Å². The number of nitrogens with one attached hydrogen (secondary N) is 1. The molecule has 1 amide bonds. The summed E-state index contributed by atoms with van der Waals surface area (Å²) < 4.78 is 40.5. The maximum Gasteiger partial charge on any atom is 0.416 e. The molecule has 0 spiro atoms.